The van der Waals surface area contributed by atoms with Crippen LogP contribution >= 0.6 is 12.6 Å². The number of hydrogen-bond donors (Lipinski definition) is 2. The zero-order valence-electron chi connectivity index (χ0n) is 5.06. The summed E-state index contributed by atoms with van der Waals surface area (Å²) in [6.07, 6.45) is 3.04. The topological polar surface area (TPSA) is 55.1 Å². The average molecular weight is 158 g/mol. The molecule has 0 radical (unpaired) electrons. The van der Waals surface area contributed by atoms with Gasteiger partial charge in [0.15, 0.2) is 0 Å². The maximum Gasteiger partial charge on any atom is 0.325 e. The molecular weight excluding hydrogens is 152 g/mol. The van der Waals surface area contributed by atoms with Gasteiger partial charge in [-0.3, -0.25) is 9.48 Å². The highest BCUT2D eigenvalue weighted by Gasteiger charge is 1.98. The van der Waals surface area contributed by atoms with E-state index in [1.165, 1.54) is 10.9 Å². The zero-order chi connectivity index (χ0) is 7.56. The molecule has 0 atom stereocenters. The third-order valence-electron chi connectivity index (χ3n) is 0.917. The first-order valence-corrected chi connectivity index (χ1v) is 3.06. The highest BCUT2D eigenvalue weighted by molar-refractivity contribution is 7.80. The van der Waals surface area contributed by atoms with Crippen LogP contribution in [0.4, 0.5) is 0 Å². The lowest BCUT2D eigenvalue weighted by Crippen LogP contribution is -2.08. The van der Waals surface area contributed by atoms with Crippen molar-refractivity contribution >= 4 is 18.6 Å². The number of aliphatic carboxylic acids is 1. The Labute approximate surface area is 62.9 Å². The van der Waals surface area contributed by atoms with Gasteiger partial charge < -0.3 is 5.11 Å². The van der Waals surface area contributed by atoms with E-state index in [4.69, 9.17) is 5.11 Å². The minimum Gasteiger partial charge on any atom is -0.480 e. The first-order valence-electron chi connectivity index (χ1n) is 2.61. The Morgan fingerprint density at radius 2 is 2.60 bits per heavy atom. The Morgan fingerprint density at radius 3 is 3.00 bits per heavy atom. The van der Waals surface area contributed by atoms with Crippen LogP contribution < -0.4 is 0 Å². The van der Waals surface area contributed by atoms with Crippen LogP contribution in [-0.4, -0.2) is 20.9 Å². The summed E-state index contributed by atoms with van der Waals surface area (Å²) in [5, 5.41) is 12.0. The number of nitrogens with zero attached hydrogens (tertiary/aromatic N) is 2. The number of hydrogen-bond acceptors (Lipinski definition) is 3. The van der Waals surface area contributed by atoms with Crippen LogP contribution in [0.25, 0.3) is 0 Å². The van der Waals surface area contributed by atoms with Crippen molar-refractivity contribution in [3.8, 4) is 0 Å². The van der Waals surface area contributed by atoms with Crippen LogP contribution in [0.15, 0.2) is 17.3 Å². The van der Waals surface area contributed by atoms with Gasteiger partial charge in [-0.2, -0.15) is 5.10 Å². The third kappa shape index (κ3) is 1.77. The molecule has 1 rings (SSSR count). The van der Waals surface area contributed by atoms with Crippen molar-refractivity contribution in [3.05, 3.63) is 12.4 Å². The number of rotatable bonds is 2. The molecule has 1 aromatic heterocycles. The molecule has 5 heteroatoms. The van der Waals surface area contributed by atoms with E-state index in [-0.39, 0.29) is 6.54 Å². The largest absolute Gasteiger partial charge is 0.480 e. The molecule has 0 bridgehead atoms. The van der Waals surface area contributed by atoms with E-state index in [1.807, 2.05) is 0 Å². The summed E-state index contributed by atoms with van der Waals surface area (Å²) < 4.78 is 1.31. The second-order valence-corrected chi connectivity index (χ2v) is 2.31. The summed E-state index contributed by atoms with van der Waals surface area (Å²) in [6.45, 7) is -0.111. The normalized spacial score (nSPS) is 9.70. The van der Waals surface area contributed by atoms with Crippen molar-refractivity contribution in [2.45, 2.75) is 11.4 Å². The molecule has 54 valence electrons. The molecule has 1 N–H and O–H groups in total. The molecule has 0 unspecified atom stereocenters. The number of carboxylic acid groups (broad SMARTS) is 1. The summed E-state index contributed by atoms with van der Waals surface area (Å²) in [7, 11) is 0. The van der Waals surface area contributed by atoms with Crippen molar-refractivity contribution in [2.75, 3.05) is 0 Å². The fourth-order valence-electron chi connectivity index (χ4n) is 0.578. The summed E-state index contributed by atoms with van der Waals surface area (Å²) in [6, 6.07) is 0. The number of thiol groups is 1. The summed E-state index contributed by atoms with van der Waals surface area (Å²) >= 11 is 3.95. The molecule has 0 amide bonds. The molecule has 1 heterocycles. The molecule has 0 spiro atoms. The van der Waals surface area contributed by atoms with Crippen molar-refractivity contribution < 1.29 is 9.90 Å². The molecule has 0 fully saturated rings. The minimum absolute atomic E-state index is 0.111. The molecule has 0 aliphatic carbocycles. The molecular formula is C5H6N2O2S. The molecule has 1 aromatic rings. The summed E-state index contributed by atoms with van der Waals surface area (Å²) in [5.41, 5.74) is 0. The van der Waals surface area contributed by atoms with E-state index >= 15 is 0 Å². The maximum absolute atomic E-state index is 10.1. The van der Waals surface area contributed by atoms with Crippen LogP contribution in [0.3, 0.4) is 0 Å². The Kier molecular flexibility index (Phi) is 1.96. The SMILES string of the molecule is O=C(O)Cn1cc(S)cn1. The van der Waals surface area contributed by atoms with Gasteiger partial charge in [-0.05, 0) is 0 Å². The van der Waals surface area contributed by atoms with Crippen LogP contribution in [0.2, 0.25) is 0 Å². The maximum atomic E-state index is 10.1. The van der Waals surface area contributed by atoms with Gasteiger partial charge in [-0.25, -0.2) is 0 Å². The van der Waals surface area contributed by atoms with Gasteiger partial charge in [-0.1, -0.05) is 0 Å². The van der Waals surface area contributed by atoms with Crippen molar-refractivity contribution in [3.63, 3.8) is 0 Å². The quantitative estimate of drug-likeness (QED) is 0.607. The standard InChI is InChI=1S/C5H6N2O2S/c8-5(9)3-7-2-4(10)1-6-7/h1-2,10H,3H2,(H,8,9). The first-order chi connectivity index (χ1) is 4.68. The predicted molar refractivity (Wildman–Crippen MR) is 37.1 cm³/mol. The fraction of sp³-hybridized carbons (Fsp3) is 0.200. The second kappa shape index (κ2) is 2.74. The van der Waals surface area contributed by atoms with Crippen LogP contribution in [-0.2, 0) is 11.3 Å². The van der Waals surface area contributed by atoms with Gasteiger partial charge in [0.05, 0.1) is 6.20 Å². The zero-order valence-corrected chi connectivity index (χ0v) is 5.95. The van der Waals surface area contributed by atoms with Gasteiger partial charge in [0.2, 0.25) is 0 Å². The Morgan fingerprint density at radius 1 is 1.90 bits per heavy atom. The summed E-state index contributed by atoms with van der Waals surface area (Å²) in [5.74, 6) is -0.906. The molecule has 10 heavy (non-hydrogen) atoms. The molecule has 4 nitrogen and oxygen atoms in total. The van der Waals surface area contributed by atoms with Gasteiger partial charge in [0.1, 0.15) is 6.54 Å². The first kappa shape index (κ1) is 7.14. The lowest BCUT2D eigenvalue weighted by molar-refractivity contribution is -0.137. The number of carboxylic acids is 1. The lowest BCUT2D eigenvalue weighted by Gasteiger charge is -1.91. The van der Waals surface area contributed by atoms with Gasteiger partial charge >= 0.3 is 5.97 Å². The second-order valence-electron chi connectivity index (χ2n) is 1.79. The number of carbonyl (C=O) groups is 1. The third-order valence-corrected chi connectivity index (χ3v) is 1.15. The van der Waals surface area contributed by atoms with Crippen LogP contribution in [0, 0.1) is 0 Å². The van der Waals surface area contributed by atoms with Crippen molar-refractivity contribution in [2.24, 2.45) is 0 Å². The minimum atomic E-state index is -0.906. The van der Waals surface area contributed by atoms with Gasteiger partial charge in [0, 0.05) is 11.1 Å². The predicted octanol–water partition coefficient (Wildman–Crippen LogP) is 0.256. The number of aromatic nitrogens is 2. The van der Waals surface area contributed by atoms with E-state index < -0.39 is 5.97 Å². The van der Waals surface area contributed by atoms with Crippen LogP contribution in [0.5, 0.6) is 0 Å². The van der Waals surface area contributed by atoms with E-state index in [0.29, 0.717) is 4.90 Å². The van der Waals surface area contributed by atoms with Crippen molar-refractivity contribution in [1.82, 2.24) is 9.78 Å². The Balaban J connectivity index is 2.67. The summed E-state index contributed by atoms with van der Waals surface area (Å²) in [4.78, 5) is 10.8. The monoisotopic (exact) mass is 158 g/mol. The highest BCUT2D eigenvalue weighted by Crippen LogP contribution is 2.01. The Hall–Kier alpha value is -0.970. The van der Waals surface area contributed by atoms with E-state index in [0.717, 1.165) is 0 Å². The molecule has 0 saturated heterocycles. The smallest absolute Gasteiger partial charge is 0.325 e. The lowest BCUT2D eigenvalue weighted by atomic mass is 10.6. The molecule has 0 aliphatic rings. The van der Waals surface area contributed by atoms with Gasteiger partial charge in [-0.15, -0.1) is 12.6 Å². The van der Waals surface area contributed by atoms with Crippen LogP contribution in [0.1, 0.15) is 0 Å². The molecule has 0 aromatic carbocycles. The molecule has 0 aliphatic heterocycles. The van der Waals surface area contributed by atoms with E-state index in [1.54, 1.807) is 6.20 Å². The fourth-order valence-corrected chi connectivity index (χ4v) is 0.763. The molecule has 0 saturated carbocycles. The average Bonchev–Trinajstić information content (AvgIpc) is 2.13. The van der Waals surface area contributed by atoms with Gasteiger partial charge in [0.25, 0.3) is 0 Å². The van der Waals surface area contributed by atoms with E-state index in [2.05, 4.69) is 17.7 Å². The highest BCUT2D eigenvalue weighted by atomic mass is 32.1. The Bertz CT molecular complexity index is 246. The van der Waals surface area contributed by atoms with E-state index in [9.17, 15) is 4.79 Å². The van der Waals surface area contributed by atoms with Crippen molar-refractivity contribution in [1.29, 1.82) is 0 Å².